The summed E-state index contributed by atoms with van der Waals surface area (Å²) in [5.41, 5.74) is 4.66. The van der Waals surface area contributed by atoms with Gasteiger partial charge in [-0.15, -0.1) is 0 Å². The first-order valence-electron chi connectivity index (χ1n) is 8.11. The van der Waals surface area contributed by atoms with Gasteiger partial charge in [-0.2, -0.15) is 11.3 Å². The summed E-state index contributed by atoms with van der Waals surface area (Å²) in [7, 11) is 0. The van der Waals surface area contributed by atoms with Gasteiger partial charge in [-0.3, -0.25) is 4.79 Å². The Hall–Kier alpha value is -2.40. The molecule has 122 valence electrons. The molecule has 3 heterocycles. The van der Waals surface area contributed by atoms with E-state index in [0.29, 0.717) is 13.0 Å². The van der Waals surface area contributed by atoms with Crippen molar-refractivity contribution >= 4 is 17.2 Å². The second kappa shape index (κ2) is 6.24. The van der Waals surface area contributed by atoms with Crippen LogP contribution in [0.2, 0.25) is 0 Å². The SMILES string of the molecule is Cc1cccc(-c2cnc3n2CCN(C(=O)Cc2ccsc2)C3)c1. The van der Waals surface area contributed by atoms with E-state index in [1.807, 2.05) is 27.9 Å². The van der Waals surface area contributed by atoms with E-state index in [4.69, 9.17) is 0 Å². The third-order valence-electron chi connectivity index (χ3n) is 4.47. The smallest absolute Gasteiger partial charge is 0.227 e. The fourth-order valence-corrected chi connectivity index (χ4v) is 3.86. The summed E-state index contributed by atoms with van der Waals surface area (Å²) in [6, 6.07) is 10.5. The Balaban J connectivity index is 1.53. The van der Waals surface area contributed by atoms with E-state index in [9.17, 15) is 4.79 Å². The van der Waals surface area contributed by atoms with Crippen LogP contribution in [0.4, 0.5) is 0 Å². The predicted octanol–water partition coefficient (Wildman–Crippen LogP) is 3.50. The van der Waals surface area contributed by atoms with Crippen LogP contribution in [0.1, 0.15) is 17.0 Å². The first kappa shape index (κ1) is 15.1. The van der Waals surface area contributed by atoms with Gasteiger partial charge in [-0.1, -0.05) is 23.8 Å². The Bertz CT molecular complexity index is 867. The van der Waals surface area contributed by atoms with Crippen molar-refractivity contribution in [3.63, 3.8) is 0 Å². The minimum atomic E-state index is 0.180. The molecule has 0 spiro atoms. The number of hydrogen-bond acceptors (Lipinski definition) is 3. The summed E-state index contributed by atoms with van der Waals surface area (Å²) in [5, 5.41) is 4.05. The van der Waals surface area contributed by atoms with Gasteiger partial charge in [-0.05, 0) is 35.4 Å². The van der Waals surface area contributed by atoms with Gasteiger partial charge in [0.25, 0.3) is 0 Å². The molecule has 0 atom stereocenters. The summed E-state index contributed by atoms with van der Waals surface area (Å²) in [6.07, 6.45) is 2.41. The van der Waals surface area contributed by atoms with Crippen molar-refractivity contribution in [3.05, 3.63) is 64.2 Å². The Morgan fingerprint density at radius 1 is 1.29 bits per heavy atom. The van der Waals surface area contributed by atoms with E-state index in [1.54, 1.807) is 11.3 Å². The van der Waals surface area contributed by atoms with E-state index in [2.05, 4.69) is 40.7 Å². The number of amides is 1. The van der Waals surface area contributed by atoms with Gasteiger partial charge < -0.3 is 9.47 Å². The number of hydrogen-bond donors (Lipinski definition) is 0. The minimum absolute atomic E-state index is 0.180. The maximum Gasteiger partial charge on any atom is 0.227 e. The van der Waals surface area contributed by atoms with Gasteiger partial charge >= 0.3 is 0 Å². The zero-order valence-corrected chi connectivity index (χ0v) is 14.4. The molecule has 4 rings (SSSR count). The molecule has 24 heavy (non-hydrogen) atoms. The molecular formula is C19H19N3OS. The number of imidazole rings is 1. The lowest BCUT2D eigenvalue weighted by molar-refractivity contribution is -0.131. The molecule has 0 radical (unpaired) electrons. The summed E-state index contributed by atoms with van der Waals surface area (Å²) in [4.78, 5) is 19.0. The topological polar surface area (TPSA) is 38.1 Å². The van der Waals surface area contributed by atoms with Crippen molar-refractivity contribution in [2.45, 2.75) is 26.4 Å². The zero-order chi connectivity index (χ0) is 16.5. The third-order valence-corrected chi connectivity index (χ3v) is 5.20. The molecule has 2 aromatic heterocycles. The normalized spacial score (nSPS) is 13.8. The van der Waals surface area contributed by atoms with E-state index < -0.39 is 0 Å². The number of nitrogens with zero attached hydrogens (tertiary/aromatic N) is 3. The first-order valence-corrected chi connectivity index (χ1v) is 9.05. The van der Waals surface area contributed by atoms with Crippen LogP contribution >= 0.6 is 11.3 Å². The molecule has 0 saturated heterocycles. The van der Waals surface area contributed by atoms with Crippen LogP contribution in [0.5, 0.6) is 0 Å². The van der Waals surface area contributed by atoms with Crippen LogP contribution in [0.25, 0.3) is 11.3 Å². The van der Waals surface area contributed by atoms with Crippen molar-refractivity contribution in [1.29, 1.82) is 0 Å². The fraction of sp³-hybridized carbons (Fsp3) is 0.263. The zero-order valence-electron chi connectivity index (χ0n) is 13.6. The summed E-state index contributed by atoms with van der Waals surface area (Å²) < 4.78 is 2.24. The van der Waals surface area contributed by atoms with Gasteiger partial charge in [0.15, 0.2) is 0 Å². The molecule has 0 N–H and O–H groups in total. The maximum atomic E-state index is 12.5. The monoisotopic (exact) mass is 337 g/mol. The predicted molar refractivity (Wildman–Crippen MR) is 95.8 cm³/mol. The van der Waals surface area contributed by atoms with Crippen molar-refractivity contribution in [2.75, 3.05) is 6.54 Å². The lowest BCUT2D eigenvalue weighted by Gasteiger charge is -2.28. The van der Waals surface area contributed by atoms with Crippen LogP contribution in [0.3, 0.4) is 0 Å². The van der Waals surface area contributed by atoms with Crippen LogP contribution in [0.15, 0.2) is 47.3 Å². The van der Waals surface area contributed by atoms with Gasteiger partial charge in [0.1, 0.15) is 5.82 Å². The Morgan fingerprint density at radius 2 is 2.21 bits per heavy atom. The molecule has 5 heteroatoms. The third kappa shape index (κ3) is 2.87. The molecule has 4 nitrogen and oxygen atoms in total. The fourth-order valence-electron chi connectivity index (χ4n) is 3.19. The molecule has 1 aliphatic rings. The number of fused-ring (bicyclic) bond motifs is 1. The number of aryl methyl sites for hydroxylation is 1. The molecule has 1 aliphatic heterocycles. The van der Waals surface area contributed by atoms with Crippen LogP contribution in [-0.2, 0) is 24.3 Å². The highest BCUT2D eigenvalue weighted by Crippen LogP contribution is 2.25. The van der Waals surface area contributed by atoms with Gasteiger partial charge in [0.05, 0.1) is 24.9 Å². The number of carbonyl (C=O) groups is 1. The highest BCUT2D eigenvalue weighted by Gasteiger charge is 2.23. The lowest BCUT2D eigenvalue weighted by Crippen LogP contribution is -2.39. The van der Waals surface area contributed by atoms with Gasteiger partial charge in [-0.25, -0.2) is 4.98 Å². The molecule has 1 aromatic carbocycles. The second-order valence-electron chi connectivity index (χ2n) is 6.20. The number of carbonyl (C=O) groups excluding carboxylic acids is 1. The van der Waals surface area contributed by atoms with Crippen LogP contribution in [-0.4, -0.2) is 26.9 Å². The Kier molecular flexibility index (Phi) is 3.94. The largest absolute Gasteiger partial charge is 0.333 e. The van der Waals surface area contributed by atoms with Crippen molar-refractivity contribution in [1.82, 2.24) is 14.5 Å². The minimum Gasteiger partial charge on any atom is -0.333 e. The molecule has 0 unspecified atom stereocenters. The molecule has 3 aromatic rings. The number of benzene rings is 1. The van der Waals surface area contributed by atoms with Gasteiger partial charge in [0, 0.05) is 18.7 Å². The average Bonchev–Trinajstić information content (AvgIpc) is 3.23. The number of aromatic nitrogens is 2. The standard InChI is InChI=1S/C19H19N3OS/c1-14-3-2-4-16(9-14)17-11-20-18-12-21(6-7-22(17)18)19(23)10-15-5-8-24-13-15/h2-5,8-9,11,13H,6-7,10,12H2,1H3. The van der Waals surface area contributed by atoms with Crippen molar-refractivity contribution in [2.24, 2.45) is 0 Å². The molecular weight excluding hydrogens is 318 g/mol. The number of rotatable bonds is 3. The highest BCUT2D eigenvalue weighted by atomic mass is 32.1. The van der Waals surface area contributed by atoms with E-state index in [0.717, 1.165) is 30.2 Å². The molecule has 0 aliphatic carbocycles. The lowest BCUT2D eigenvalue weighted by atomic mass is 10.1. The molecule has 1 amide bonds. The average molecular weight is 337 g/mol. The summed E-state index contributed by atoms with van der Waals surface area (Å²) in [6.45, 7) is 4.23. The molecule has 0 bridgehead atoms. The summed E-state index contributed by atoms with van der Waals surface area (Å²) >= 11 is 1.63. The first-order chi connectivity index (χ1) is 11.7. The van der Waals surface area contributed by atoms with Gasteiger partial charge in [0.2, 0.25) is 5.91 Å². The van der Waals surface area contributed by atoms with E-state index >= 15 is 0 Å². The Morgan fingerprint density at radius 3 is 3.00 bits per heavy atom. The quantitative estimate of drug-likeness (QED) is 0.733. The molecule has 0 saturated carbocycles. The summed E-state index contributed by atoms with van der Waals surface area (Å²) in [5.74, 6) is 1.15. The highest BCUT2D eigenvalue weighted by molar-refractivity contribution is 7.08. The number of thiophene rings is 1. The molecule has 0 fully saturated rings. The van der Waals surface area contributed by atoms with Crippen LogP contribution in [0, 0.1) is 6.92 Å². The second-order valence-corrected chi connectivity index (χ2v) is 6.98. The van der Waals surface area contributed by atoms with Crippen molar-refractivity contribution in [3.8, 4) is 11.3 Å². The van der Waals surface area contributed by atoms with E-state index in [-0.39, 0.29) is 5.91 Å². The van der Waals surface area contributed by atoms with Crippen molar-refractivity contribution < 1.29 is 4.79 Å². The Labute approximate surface area is 145 Å². The van der Waals surface area contributed by atoms with Crippen LogP contribution < -0.4 is 0 Å². The maximum absolute atomic E-state index is 12.5. The van der Waals surface area contributed by atoms with E-state index in [1.165, 1.54) is 11.1 Å².